The van der Waals surface area contributed by atoms with Crippen molar-refractivity contribution in [2.75, 3.05) is 17.6 Å². The van der Waals surface area contributed by atoms with E-state index in [0.717, 1.165) is 0 Å². The van der Waals surface area contributed by atoms with Crippen molar-refractivity contribution in [2.24, 2.45) is 0 Å². The molecule has 3 N–H and O–H groups in total. The zero-order valence-corrected chi connectivity index (χ0v) is 8.04. The summed E-state index contributed by atoms with van der Waals surface area (Å²) in [5.74, 6) is 0.644. The van der Waals surface area contributed by atoms with Gasteiger partial charge in [0.2, 0.25) is 0 Å². The number of hydrogen-bond acceptors (Lipinski definition) is 6. The molecule has 2 aromatic rings. The molecule has 0 bridgehead atoms. The molecule has 0 saturated carbocycles. The van der Waals surface area contributed by atoms with Crippen molar-refractivity contribution in [3.05, 3.63) is 24.9 Å². The number of nitrogen functional groups attached to an aromatic ring is 1. The van der Waals surface area contributed by atoms with Crippen LogP contribution in [0.3, 0.4) is 0 Å². The Bertz CT molecular complexity index is 411. The molecule has 7 heteroatoms. The molecular formula is C8H11N7. The Morgan fingerprint density at radius 1 is 1.47 bits per heavy atom. The number of anilines is 2. The Morgan fingerprint density at radius 3 is 3.13 bits per heavy atom. The van der Waals surface area contributed by atoms with Crippen LogP contribution >= 0.6 is 0 Å². The normalized spacial score (nSPS) is 10.1. The maximum absolute atomic E-state index is 5.66. The third kappa shape index (κ3) is 2.39. The van der Waals surface area contributed by atoms with E-state index in [0.29, 0.717) is 24.6 Å². The average Bonchev–Trinajstić information content (AvgIpc) is 2.74. The highest BCUT2D eigenvalue weighted by molar-refractivity contribution is 5.58. The summed E-state index contributed by atoms with van der Waals surface area (Å²) in [6, 6.07) is 0. The molecule has 0 aliphatic carbocycles. The highest BCUT2D eigenvalue weighted by Gasteiger charge is 1.98. The molecule has 0 aliphatic rings. The SMILES string of the molecule is Nc1cncnc1NCCn1ccnn1. The monoisotopic (exact) mass is 205 g/mol. The molecule has 15 heavy (non-hydrogen) atoms. The predicted molar refractivity (Wildman–Crippen MR) is 55.0 cm³/mol. The van der Waals surface area contributed by atoms with Crippen molar-refractivity contribution in [1.82, 2.24) is 25.0 Å². The summed E-state index contributed by atoms with van der Waals surface area (Å²) in [5, 5.41) is 10.6. The lowest BCUT2D eigenvalue weighted by Gasteiger charge is -2.06. The van der Waals surface area contributed by atoms with E-state index < -0.39 is 0 Å². The maximum atomic E-state index is 5.66. The molecule has 0 aromatic carbocycles. The van der Waals surface area contributed by atoms with Gasteiger partial charge in [-0.2, -0.15) is 0 Å². The average molecular weight is 205 g/mol. The van der Waals surface area contributed by atoms with E-state index in [1.54, 1.807) is 23.3 Å². The minimum absolute atomic E-state index is 0.538. The quantitative estimate of drug-likeness (QED) is 0.715. The number of aromatic nitrogens is 5. The fourth-order valence-electron chi connectivity index (χ4n) is 1.13. The van der Waals surface area contributed by atoms with E-state index >= 15 is 0 Å². The molecule has 0 radical (unpaired) electrons. The van der Waals surface area contributed by atoms with Crippen LogP contribution < -0.4 is 11.1 Å². The summed E-state index contributed by atoms with van der Waals surface area (Å²) in [7, 11) is 0. The van der Waals surface area contributed by atoms with Crippen molar-refractivity contribution in [3.8, 4) is 0 Å². The summed E-state index contributed by atoms with van der Waals surface area (Å²) in [4.78, 5) is 7.80. The second-order valence-electron chi connectivity index (χ2n) is 2.92. The summed E-state index contributed by atoms with van der Waals surface area (Å²) in [6.07, 6.45) is 6.45. The van der Waals surface area contributed by atoms with Crippen molar-refractivity contribution in [2.45, 2.75) is 6.54 Å². The van der Waals surface area contributed by atoms with E-state index in [1.165, 1.54) is 6.33 Å². The molecule has 0 amide bonds. The van der Waals surface area contributed by atoms with Gasteiger partial charge in [0.1, 0.15) is 6.33 Å². The van der Waals surface area contributed by atoms with Gasteiger partial charge >= 0.3 is 0 Å². The number of nitrogens with two attached hydrogens (primary N) is 1. The van der Waals surface area contributed by atoms with Crippen LogP contribution in [0.2, 0.25) is 0 Å². The van der Waals surface area contributed by atoms with Crippen molar-refractivity contribution in [1.29, 1.82) is 0 Å². The van der Waals surface area contributed by atoms with Gasteiger partial charge in [0.25, 0.3) is 0 Å². The molecule has 78 valence electrons. The third-order valence-electron chi connectivity index (χ3n) is 1.85. The Labute approximate surface area is 86.3 Å². The Balaban J connectivity index is 1.86. The Morgan fingerprint density at radius 2 is 2.40 bits per heavy atom. The zero-order valence-electron chi connectivity index (χ0n) is 8.04. The molecule has 0 spiro atoms. The van der Waals surface area contributed by atoms with Crippen LogP contribution in [-0.4, -0.2) is 31.5 Å². The van der Waals surface area contributed by atoms with Crippen LogP contribution in [0.4, 0.5) is 11.5 Å². The van der Waals surface area contributed by atoms with Gasteiger partial charge < -0.3 is 11.1 Å². The highest BCUT2D eigenvalue weighted by atomic mass is 15.4. The number of rotatable bonds is 4. The number of hydrogen-bond donors (Lipinski definition) is 2. The summed E-state index contributed by atoms with van der Waals surface area (Å²) >= 11 is 0. The molecule has 7 nitrogen and oxygen atoms in total. The van der Waals surface area contributed by atoms with Crippen LogP contribution in [-0.2, 0) is 6.54 Å². The lowest BCUT2D eigenvalue weighted by atomic mass is 10.5. The van der Waals surface area contributed by atoms with Gasteiger partial charge in [-0.1, -0.05) is 5.21 Å². The molecule has 2 aromatic heterocycles. The fraction of sp³-hybridized carbons (Fsp3) is 0.250. The molecular weight excluding hydrogens is 194 g/mol. The number of nitrogens with zero attached hydrogens (tertiary/aromatic N) is 5. The van der Waals surface area contributed by atoms with Gasteiger partial charge in [-0.25, -0.2) is 9.97 Å². The molecule has 0 saturated heterocycles. The highest BCUT2D eigenvalue weighted by Crippen LogP contribution is 2.10. The number of nitrogens with one attached hydrogen (secondary N) is 1. The molecule has 2 rings (SSSR count). The minimum atomic E-state index is 0.538. The fourth-order valence-corrected chi connectivity index (χ4v) is 1.13. The third-order valence-corrected chi connectivity index (χ3v) is 1.85. The topological polar surface area (TPSA) is 94.5 Å². The molecule has 0 unspecified atom stereocenters. The predicted octanol–water partition coefficient (Wildman–Crippen LogP) is -0.238. The van der Waals surface area contributed by atoms with Crippen LogP contribution in [0, 0.1) is 0 Å². The molecule has 2 heterocycles. The van der Waals surface area contributed by atoms with Gasteiger partial charge in [-0.3, -0.25) is 4.68 Å². The van der Waals surface area contributed by atoms with Crippen LogP contribution in [0.5, 0.6) is 0 Å². The molecule has 0 atom stereocenters. The largest absolute Gasteiger partial charge is 0.394 e. The first-order chi connectivity index (χ1) is 7.36. The summed E-state index contributed by atoms with van der Waals surface area (Å²) in [6.45, 7) is 1.40. The van der Waals surface area contributed by atoms with Gasteiger partial charge in [-0.05, 0) is 0 Å². The molecule has 0 fully saturated rings. The van der Waals surface area contributed by atoms with Crippen molar-refractivity contribution in [3.63, 3.8) is 0 Å². The zero-order chi connectivity index (χ0) is 10.5. The van der Waals surface area contributed by atoms with E-state index in [-0.39, 0.29) is 0 Å². The van der Waals surface area contributed by atoms with E-state index in [2.05, 4.69) is 25.6 Å². The van der Waals surface area contributed by atoms with Crippen LogP contribution in [0.1, 0.15) is 0 Å². The minimum Gasteiger partial charge on any atom is -0.394 e. The van der Waals surface area contributed by atoms with Gasteiger partial charge in [0.05, 0.1) is 24.6 Å². The lowest BCUT2D eigenvalue weighted by molar-refractivity contribution is 0.608. The van der Waals surface area contributed by atoms with Gasteiger partial charge in [0, 0.05) is 12.7 Å². The second-order valence-corrected chi connectivity index (χ2v) is 2.92. The molecule has 0 aliphatic heterocycles. The smallest absolute Gasteiger partial charge is 0.152 e. The van der Waals surface area contributed by atoms with E-state index in [1.807, 2.05) is 0 Å². The first kappa shape index (κ1) is 9.38. The Kier molecular flexibility index (Phi) is 2.72. The summed E-state index contributed by atoms with van der Waals surface area (Å²) in [5.41, 5.74) is 6.20. The van der Waals surface area contributed by atoms with E-state index in [9.17, 15) is 0 Å². The maximum Gasteiger partial charge on any atom is 0.152 e. The van der Waals surface area contributed by atoms with E-state index in [4.69, 9.17) is 5.73 Å². The second kappa shape index (κ2) is 4.36. The van der Waals surface area contributed by atoms with Gasteiger partial charge in [0.15, 0.2) is 5.82 Å². The lowest BCUT2D eigenvalue weighted by Crippen LogP contribution is -2.13. The standard InChI is InChI=1S/C8H11N7/c9-7-5-10-6-12-8(7)11-1-3-15-4-2-13-14-15/h2,4-6H,1,3,9H2,(H,10,11,12). The van der Waals surface area contributed by atoms with Crippen molar-refractivity contribution >= 4 is 11.5 Å². The van der Waals surface area contributed by atoms with Crippen molar-refractivity contribution < 1.29 is 0 Å². The summed E-state index contributed by atoms with van der Waals surface area (Å²) < 4.78 is 1.73. The van der Waals surface area contributed by atoms with Crippen LogP contribution in [0.15, 0.2) is 24.9 Å². The van der Waals surface area contributed by atoms with Crippen LogP contribution in [0.25, 0.3) is 0 Å². The first-order valence-electron chi connectivity index (χ1n) is 4.50. The first-order valence-corrected chi connectivity index (χ1v) is 4.50. The van der Waals surface area contributed by atoms with Gasteiger partial charge in [-0.15, -0.1) is 5.10 Å². The Hall–Kier alpha value is -2.18.